The molecule has 2 aromatic rings. The molecule has 2 aromatic carbocycles. The normalized spacial score (nSPS) is 25.6. The molecule has 0 spiro atoms. The molecule has 1 fully saturated rings. The summed E-state index contributed by atoms with van der Waals surface area (Å²) in [5.41, 5.74) is -2.71. The van der Waals surface area contributed by atoms with Gasteiger partial charge in [-0.05, 0) is 61.1 Å². The maximum atomic E-state index is 13.2. The molecule has 1 N–H and O–H groups in total. The third kappa shape index (κ3) is 5.41. The van der Waals surface area contributed by atoms with Gasteiger partial charge in [0.1, 0.15) is 5.54 Å². The van der Waals surface area contributed by atoms with Crippen molar-refractivity contribution in [1.29, 1.82) is 0 Å². The van der Waals surface area contributed by atoms with E-state index in [9.17, 15) is 26.3 Å². The van der Waals surface area contributed by atoms with Crippen LogP contribution in [0.4, 0.5) is 26.3 Å². The second kappa shape index (κ2) is 9.10. The van der Waals surface area contributed by atoms with E-state index in [2.05, 4.69) is 5.32 Å². The zero-order valence-electron chi connectivity index (χ0n) is 17.7. The van der Waals surface area contributed by atoms with Crippen molar-refractivity contribution in [1.82, 2.24) is 5.32 Å². The molecule has 2 aliphatic heterocycles. The molecule has 4 rings (SSSR count). The second-order valence-corrected chi connectivity index (χ2v) is 8.67. The number of hydrogen-bond acceptors (Lipinski definition) is 3. The minimum atomic E-state index is -4.89. The zero-order valence-corrected chi connectivity index (χ0v) is 17.7. The van der Waals surface area contributed by atoms with E-state index in [0.717, 1.165) is 24.9 Å². The monoisotopic (exact) mass is 470 g/mol. The molecular formula is C24H24F6N2O. The molecule has 2 aliphatic rings. The van der Waals surface area contributed by atoms with Crippen LogP contribution in [-0.4, -0.2) is 25.4 Å². The lowest BCUT2D eigenvalue weighted by Gasteiger charge is -2.42. The van der Waals surface area contributed by atoms with Gasteiger partial charge < -0.3 is 10.1 Å². The highest BCUT2D eigenvalue weighted by Crippen LogP contribution is 2.40. The van der Waals surface area contributed by atoms with Gasteiger partial charge in [0, 0.05) is 12.3 Å². The summed E-state index contributed by atoms with van der Waals surface area (Å²) in [4.78, 5) is 4.79. The van der Waals surface area contributed by atoms with E-state index in [1.54, 1.807) is 0 Å². The van der Waals surface area contributed by atoms with Gasteiger partial charge in [-0.3, -0.25) is 4.99 Å². The first kappa shape index (κ1) is 23.8. The fourth-order valence-corrected chi connectivity index (χ4v) is 4.65. The van der Waals surface area contributed by atoms with Crippen molar-refractivity contribution in [2.45, 2.75) is 49.8 Å². The van der Waals surface area contributed by atoms with Crippen LogP contribution >= 0.6 is 0 Å². The lowest BCUT2D eigenvalue weighted by molar-refractivity contribution is -0.143. The highest BCUT2D eigenvalue weighted by Gasteiger charge is 2.41. The fourth-order valence-electron chi connectivity index (χ4n) is 4.65. The van der Waals surface area contributed by atoms with Crippen molar-refractivity contribution >= 4 is 6.21 Å². The third-order valence-corrected chi connectivity index (χ3v) is 6.29. The van der Waals surface area contributed by atoms with Crippen molar-refractivity contribution in [3.8, 4) is 0 Å². The SMILES string of the molecule is FC(F)(F)c1cc(COC[C@]2(c3ccccc3)C[C@@H]3CCCN[C@@H]3C=N2)cc(C(F)(F)F)c1. The number of fused-ring (bicyclic) bond motifs is 1. The Hall–Kier alpha value is -2.39. The van der Waals surface area contributed by atoms with Gasteiger partial charge in [-0.2, -0.15) is 26.3 Å². The van der Waals surface area contributed by atoms with Crippen LogP contribution in [0.3, 0.4) is 0 Å². The predicted octanol–water partition coefficient (Wildman–Crippen LogP) is 5.98. The van der Waals surface area contributed by atoms with Crippen LogP contribution in [0.5, 0.6) is 0 Å². The summed E-state index contributed by atoms with van der Waals surface area (Å²) >= 11 is 0. The van der Waals surface area contributed by atoms with Gasteiger partial charge in [0.15, 0.2) is 0 Å². The zero-order chi connectivity index (χ0) is 23.7. The van der Waals surface area contributed by atoms with Gasteiger partial charge in [-0.25, -0.2) is 0 Å². The molecule has 3 atom stereocenters. The van der Waals surface area contributed by atoms with Crippen LogP contribution < -0.4 is 5.32 Å². The molecule has 0 radical (unpaired) electrons. The minimum absolute atomic E-state index is 0.0499. The summed E-state index contributed by atoms with van der Waals surface area (Å²) in [5.74, 6) is 0.324. The topological polar surface area (TPSA) is 33.6 Å². The van der Waals surface area contributed by atoms with E-state index >= 15 is 0 Å². The summed E-state index contributed by atoms with van der Waals surface area (Å²) in [6, 6.07) is 11.2. The van der Waals surface area contributed by atoms with Crippen molar-refractivity contribution < 1.29 is 31.1 Å². The van der Waals surface area contributed by atoms with E-state index in [0.29, 0.717) is 24.5 Å². The highest BCUT2D eigenvalue weighted by molar-refractivity contribution is 5.67. The molecule has 3 nitrogen and oxygen atoms in total. The Labute approximate surface area is 187 Å². The molecule has 0 aliphatic carbocycles. The average molecular weight is 470 g/mol. The molecule has 0 aromatic heterocycles. The van der Waals surface area contributed by atoms with E-state index < -0.39 is 29.0 Å². The number of alkyl halides is 6. The molecule has 0 amide bonds. The summed E-state index contributed by atoms with van der Waals surface area (Å²) < 4.78 is 84.7. The van der Waals surface area contributed by atoms with Crippen LogP contribution in [0.2, 0.25) is 0 Å². The van der Waals surface area contributed by atoms with Crippen molar-refractivity contribution in [2.24, 2.45) is 10.9 Å². The van der Waals surface area contributed by atoms with Gasteiger partial charge in [0.05, 0.1) is 24.3 Å². The Morgan fingerprint density at radius 1 is 0.970 bits per heavy atom. The number of nitrogens with one attached hydrogen (secondary N) is 1. The van der Waals surface area contributed by atoms with Gasteiger partial charge in [-0.1, -0.05) is 30.3 Å². The number of ether oxygens (including phenoxy) is 1. The third-order valence-electron chi connectivity index (χ3n) is 6.29. The van der Waals surface area contributed by atoms with Crippen LogP contribution in [0.1, 0.15) is 41.5 Å². The minimum Gasteiger partial charge on any atom is -0.374 e. The Morgan fingerprint density at radius 2 is 1.64 bits per heavy atom. The molecular weight excluding hydrogens is 446 g/mol. The lowest BCUT2D eigenvalue weighted by Crippen LogP contribution is -2.49. The Kier molecular flexibility index (Phi) is 6.55. The van der Waals surface area contributed by atoms with E-state index in [4.69, 9.17) is 9.73 Å². The van der Waals surface area contributed by atoms with Crippen molar-refractivity contribution in [3.05, 3.63) is 70.8 Å². The molecule has 178 valence electrons. The first-order valence-corrected chi connectivity index (χ1v) is 10.8. The van der Waals surface area contributed by atoms with Crippen LogP contribution in [0, 0.1) is 5.92 Å². The first-order valence-electron chi connectivity index (χ1n) is 10.8. The largest absolute Gasteiger partial charge is 0.416 e. The number of nitrogens with zero attached hydrogens (tertiary/aromatic N) is 1. The fraction of sp³-hybridized carbons (Fsp3) is 0.458. The number of aliphatic imine (C=N–C) groups is 1. The smallest absolute Gasteiger partial charge is 0.374 e. The summed E-state index contributed by atoms with van der Waals surface area (Å²) in [6.07, 6.45) is -5.18. The standard InChI is InChI=1S/C24H24F6N2O/c25-23(26,27)19-9-16(10-20(11-19)24(28,29)30)14-33-15-22(18-6-2-1-3-7-18)12-17-5-4-8-31-21(17)13-32-22/h1-3,6-7,9-11,13,17,21,31H,4-5,8,12,14-15H2/t17-,21+,22-/m0/s1. The molecule has 1 saturated heterocycles. The molecule has 0 bridgehead atoms. The van der Waals surface area contributed by atoms with Crippen molar-refractivity contribution in [2.75, 3.05) is 13.2 Å². The van der Waals surface area contributed by atoms with E-state index in [1.165, 1.54) is 0 Å². The Morgan fingerprint density at radius 3 is 2.27 bits per heavy atom. The Balaban J connectivity index is 1.57. The molecule has 2 heterocycles. The second-order valence-electron chi connectivity index (χ2n) is 8.67. The van der Waals surface area contributed by atoms with Crippen LogP contribution in [0.15, 0.2) is 53.5 Å². The van der Waals surface area contributed by atoms with Crippen LogP contribution in [0.25, 0.3) is 0 Å². The highest BCUT2D eigenvalue weighted by atomic mass is 19.4. The average Bonchev–Trinajstić information content (AvgIpc) is 2.78. The quantitative estimate of drug-likeness (QED) is 0.546. The summed E-state index contributed by atoms with van der Waals surface area (Å²) in [7, 11) is 0. The number of hydrogen-bond donors (Lipinski definition) is 1. The van der Waals surface area contributed by atoms with E-state index in [-0.39, 0.29) is 30.9 Å². The molecule has 33 heavy (non-hydrogen) atoms. The maximum absolute atomic E-state index is 13.2. The number of rotatable bonds is 5. The molecule has 0 unspecified atom stereocenters. The van der Waals surface area contributed by atoms with Gasteiger partial charge in [0.25, 0.3) is 0 Å². The van der Waals surface area contributed by atoms with Crippen LogP contribution in [-0.2, 0) is 29.2 Å². The maximum Gasteiger partial charge on any atom is 0.416 e. The summed E-state index contributed by atoms with van der Waals surface area (Å²) in [6.45, 7) is 0.580. The molecule has 0 saturated carbocycles. The van der Waals surface area contributed by atoms with Gasteiger partial charge in [0.2, 0.25) is 0 Å². The number of benzene rings is 2. The van der Waals surface area contributed by atoms with Crippen molar-refractivity contribution in [3.63, 3.8) is 0 Å². The Bertz CT molecular complexity index is 956. The predicted molar refractivity (Wildman–Crippen MR) is 112 cm³/mol. The van der Waals surface area contributed by atoms with Gasteiger partial charge >= 0.3 is 12.4 Å². The lowest BCUT2D eigenvalue weighted by atomic mass is 9.74. The number of halogens is 6. The van der Waals surface area contributed by atoms with E-state index in [1.807, 2.05) is 36.5 Å². The van der Waals surface area contributed by atoms with Gasteiger partial charge in [-0.15, -0.1) is 0 Å². The molecule has 9 heteroatoms. The first-order chi connectivity index (χ1) is 15.6. The number of piperidine rings is 1. The summed E-state index contributed by atoms with van der Waals surface area (Å²) in [5, 5.41) is 3.43.